The molecule has 5 nitrogen and oxygen atoms in total. The summed E-state index contributed by atoms with van der Waals surface area (Å²) < 4.78 is 1.90. The molecule has 2 aromatic heterocycles. The number of pyridine rings is 1. The highest BCUT2D eigenvalue weighted by Gasteiger charge is 2.26. The zero-order chi connectivity index (χ0) is 18.3. The van der Waals surface area contributed by atoms with Gasteiger partial charge in [-0.25, -0.2) is 9.67 Å². The molecule has 26 heavy (non-hydrogen) atoms. The van der Waals surface area contributed by atoms with Crippen LogP contribution in [0.15, 0.2) is 35.4 Å². The molecular formula is C20H22N4OS. The predicted octanol–water partition coefficient (Wildman–Crippen LogP) is 4.48. The number of hydrogen-bond acceptors (Lipinski definition) is 4. The van der Waals surface area contributed by atoms with Crippen molar-refractivity contribution in [2.24, 2.45) is 0 Å². The number of carbonyl (C=O) groups excluding carboxylic acids is 1. The fraction of sp³-hybridized carbons (Fsp3) is 0.350. The Hall–Kier alpha value is -2.34. The second-order valence-corrected chi connectivity index (χ2v) is 7.75. The second kappa shape index (κ2) is 6.76. The zero-order valence-corrected chi connectivity index (χ0v) is 16.1. The van der Waals surface area contributed by atoms with Gasteiger partial charge in [0.2, 0.25) is 0 Å². The molecule has 2 heterocycles. The van der Waals surface area contributed by atoms with Gasteiger partial charge in [0.05, 0.1) is 17.1 Å². The highest BCUT2D eigenvalue weighted by atomic mass is 32.2. The minimum Gasteiger partial charge on any atom is -0.322 e. The molecule has 0 radical (unpaired) electrons. The molecule has 0 unspecified atom stereocenters. The average molecular weight is 366 g/mol. The van der Waals surface area contributed by atoms with Gasteiger partial charge >= 0.3 is 0 Å². The quantitative estimate of drug-likeness (QED) is 0.692. The van der Waals surface area contributed by atoms with Crippen LogP contribution in [-0.4, -0.2) is 26.9 Å². The lowest BCUT2D eigenvalue weighted by Gasteiger charge is -2.13. The topological polar surface area (TPSA) is 59.8 Å². The van der Waals surface area contributed by atoms with Crippen molar-refractivity contribution >= 4 is 34.4 Å². The number of nitrogens with zero attached hydrogens (tertiary/aromatic N) is 3. The number of carbonyl (C=O) groups is 1. The summed E-state index contributed by atoms with van der Waals surface area (Å²) in [6.45, 7) is 4.16. The standard InChI is InChI=1S/C20H22N4OS/c1-12(2)24-19-16(11-21-24)18(15-8-5-9-17(15)23-19)20(25)22-13-6-4-7-14(10-13)26-3/h4,6-7,10-12H,5,8-9H2,1-3H3,(H,22,25). The maximum absolute atomic E-state index is 13.2. The first-order valence-electron chi connectivity index (χ1n) is 8.93. The molecule has 6 heteroatoms. The lowest BCUT2D eigenvalue weighted by Crippen LogP contribution is -2.16. The van der Waals surface area contributed by atoms with Gasteiger partial charge in [0, 0.05) is 22.3 Å². The van der Waals surface area contributed by atoms with Gasteiger partial charge < -0.3 is 5.32 Å². The highest BCUT2D eigenvalue weighted by molar-refractivity contribution is 7.98. The number of thioether (sulfide) groups is 1. The Morgan fingerprint density at radius 3 is 2.92 bits per heavy atom. The first-order chi connectivity index (χ1) is 12.6. The van der Waals surface area contributed by atoms with E-state index in [1.165, 1.54) is 0 Å². The molecule has 0 fully saturated rings. The van der Waals surface area contributed by atoms with Gasteiger partial charge in [0.15, 0.2) is 5.65 Å². The van der Waals surface area contributed by atoms with E-state index in [0.29, 0.717) is 0 Å². The molecule has 1 aromatic carbocycles. The Morgan fingerprint density at radius 2 is 2.15 bits per heavy atom. The van der Waals surface area contributed by atoms with E-state index in [1.54, 1.807) is 18.0 Å². The SMILES string of the molecule is CSc1cccc(NC(=O)c2c3c(nc4c2cnn4C(C)C)CCC3)c1. The van der Waals surface area contributed by atoms with Crippen LogP contribution in [0, 0.1) is 0 Å². The number of amides is 1. The first-order valence-corrected chi connectivity index (χ1v) is 10.2. The Labute approximate surface area is 157 Å². The van der Waals surface area contributed by atoms with Crippen LogP contribution in [0.5, 0.6) is 0 Å². The molecule has 0 bridgehead atoms. The van der Waals surface area contributed by atoms with Crippen LogP contribution in [0.4, 0.5) is 5.69 Å². The van der Waals surface area contributed by atoms with Crippen molar-refractivity contribution in [2.75, 3.05) is 11.6 Å². The summed E-state index contributed by atoms with van der Waals surface area (Å²) in [4.78, 5) is 19.1. The highest BCUT2D eigenvalue weighted by Crippen LogP contribution is 2.31. The van der Waals surface area contributed by atoms with Crippen LogP contribution in [0.25, 0.3) is 11.0 Å². The molecule has 1 amide bonds. The summed E-state index contributed by atoms with van der Waals surface area (Å²) >= 11 is 1.66. The molecule has 0 aliphatic heterocycles. The van der Waals surface area contributed by atoms with Crippen molar-refractivity contribution in [1.82, 2.24) is 14.8 Å². The minimum atomic E-state index is -0.0721. The fourth-order valence-corrected chi connectivity index (χ4v) is 4.05. The van der Waals surface area contributed by atoms with Crippen molar-refractivity contribution in [2.45, 2.75) is 44.0 Å². The maximum atomic E-state index is 13.2. The molecule has 0 atom stereocenters. The smallest absolute Gasteiger partial charge is 0.256 e. The normalized spacial score (nSPS) is 13.4. The summed E-state index contributed by atoms with van der Waals surface area (Å²) in [7, 11) is 0. The first kappa shape index (κ1) is 17.1. The number of anilines is 1. The zero-order valence-electron chi connectivity index (χ0n) is 15.2. The van der Waals surface area contributed by atoms with Crippen molar-refractivity contribution in [1.29, 1.82) is 0 Å². The van der Waals surface area contributed by atoms with Crippen LogP contribution in [0.1, 0.15) is 47.9 Å². The van der Waals surface area contributed by atoms with Crippen molar-refractivity contribution in [3.63, 3.8) is 0 Å². The van der Waals surface area contributed by atoms with Crippen LogP contribution in [0.2, 0.25) is 0 Å². The number of hydrogen-bond donors (Lipinski definition) is 1. The molecule has 134 valence electrons. The van der Waals surface area contributed by atoms with Crippen molar-refractivity contribution in [3.8, 4) is 0 Å². The molecule has 1 N–H and O–H groups in total. The third-order valence-electron chi connectivity index (χ3n) is 4.81. The Morgan fingerprint density at radius 1 is 1.31 bits per heavy atom. The van der Waals surface area contributed by atoms with Crippen LogP contribution in [0.3, 0.4) is 0 Å². The largest absolute Gasteiger partial charge is 0.322 e. The minimum absolute atomic E-state index is 0.0721. The summed E-state index contributed by atoms with van der Waals surface area (Å²) in [6, 6.07) is 8.13. The van der Waals surface area contributed by atoms with Crippen LogP contribution in [-0.2, 0) is 12.8 Å². The van der Waals surface area contributed by atoms with Gasteiger partial charge in [-0.05, 0) is 63.1 Å². The van der Waals surface area contributed by atoms with E-state index < -0.39 is 0 Å². The van der Waals surface area contributed by atoms with Gasteiger partial charge in [-0.2, -0.15) is 5.10 Å². The second-order valence-electron chi connectivity index (χ2n) is 6.87. The third kappa shape index (κ3) is 2.88. The number of rotatable bonds is 4. The number of aryl methyl sites for hydroxylation is 1. The lowest BCUT2D eigenvalue weighted by molar-refractivity contribution is 0.102. The summed E-state index contributed by atoms with van der Waals surface area (Å²) in [5.74, 6) is -0.0721. The van der Waals surface area contributed by atoms with Crippen molar-refractivity contribution in [3.05, 3.63) is 47.3 Å². The monoisotopic (exact) mass is 366 g/mol. The average Bonchev–Trinajstić information content (AvgIpc) is 3.25. The molecule has 1 aliphatic carbocycles. The number of benzene rings is 1. The molecule has 0 saturated heterocycles. The van der Waals surface area contributed by atoms with E-state index in [1.807, 2.05) is 35.2 Å². The van der Waals surface area contributed by atoms with E-state index in [4.69, 9.17) is 4.98 Å². The molecule has 0 spiro atoms. The molecule has 0 saturated carbocycles. The Bertz CT molecular complexity index is 993. The summed E-state index contributed by atoms with van der Waals surface area (Å²) in [6.07, 6.45) is 6.69. The van der Waals surface area contributed by atoms with Gasteiger partial charge in [-0.15, -0.1) is 11.8 Å². The van der Waals surface area contributed by atoms with E-state index in [9.17, 15) is 4.79 Å². The molecule has 3 aromatic rings. The fourth-order valence-electron chi connectivity index (χ4n) is 3.59. The van der Waals surface area contributed by atoms with Gasteiger partial charge in [0.25, 0.3) is 5.91 Å². The van der Waals surface area contributed by atoms with Gasteiger partial charge in [0.1, 0.15) is 0 Å². The summed E-state index contributed by atoms with van der Waals surface area (Å²) in [5, 5.41) is 8.41. The number of fused-ring (bicyclic) bond motifs is 2. The third-order valence-corrected chi connectivity index (χ3v) is 5.54. The van der Waals surface area contributed by atoms with E-state index >= 15 is 0 Å². The number of nitrogens with one attached hydrogen (secondary N) is 1. The van der Waals surface area contributed by atoms with E-state index in [-0.39, 0.29) is 11.9 Å². The summed E-state index contributed by atoms with van der Waals surface area (Å²) in [5.41, 5.74) is 4.49. The van der Waals surface area contributed by atoms with Crippen LogP contribution < -0.4 is 5.32 Å². The molecule has 4 rings (SSSR count). The lowest BCUT2D eigenvalue weighted by atomic mass is 10.0. The molecule has 1 aliphatic rings. The Kier molecular flexibility index (Phi) is 4.44. The van der Waals surface area contributed by atoms with Gasteiger partial charge in [-0.3, -0.25) is 4.79 Å². The maximum Gasteiger partial charge on any atom is 0.256 e. The Balaban J connectivity index is 1.81. The van der Waals surface area contributed by atoms with Crippen molar-refractivity contribution < 1.29 is 4.79 Å². The predicted molar refractivity (Wildman–Crippen MR) is 106 cm³/mol. The van der Waals surface area contributed by atoms with Crippen LogP contribution >= 0.6 is 11.8 Å². The molecular weight excluding hydrogens is 344 g/mol. The van der Waals surface area contributed by atoms with E-state index in [2.05, 4.69) is 24.3 Å². The van der Waals surface area contributed by atoms with Gasteiger partial charge in [-0.1, -0.05) is 6.07 Å². The van der Waals surface area contributed by atoms with E-state index in [0.717, 1.165) is 57.7 Å². The number of aromatic nitrogens is 3.